The Balaban J connectivity index is 2.27. The minimum Gasteiger partial charge on any atom is -0.200 e. The zero-order valence-corrected chi connectivity index (χ0v) is 49.6. The van der Waals surface area contributed by atoms with Crippen LogP contribution < -0.4 is 15.9 Å². The lowest BCUT2D eigenvalue weighted by Gasteiger charge is -2.42. The van der Waals surface area contributed by atoms with Crippen LogP contribution >= 0.6 is 7.92 Å². The Morgan fingerprint density at radius 2 is 0.330 bits per heavy atom. The Hall–Kier alpha value is -5.48. The van der Waals surface area contributed by atoms with Crippen LogP contribution in [-0.4, -0.2) is 143 Å². The molecule has 0 aliphatic rings. The first-order chi connectivity index (χ1) is 44.7. The highest BCUT2D eigenvalue weighted by Gasteiger charge is 2.98. The van der Waals surface area contributed by atoms with Gasteiger partial charge in [0.1, 0.15) is 0 Å². The summed E-state index contributed by atoms with van der Waals surface area (Å²) in [7, 11) is -3.01. The van der Waals surface area contributed by atoms with E-state index in [1.807, 2.05) is 0 Å². The standard InChI is InChI=1S/C51H30F51P/c1-19-16-22(10-13-28(52,53)31(58,59)34(64,65)37(70,71)40(76,77)43(82,83)46(88,89)49(94,95)96)4-7-25(19)103(26-8-5-23(17-20(26)2)11-14-29(54,55)32(60,61)35(66,67)38(72,73)41(78,79)44(84,85)47(90,91)50(97,98)99)27-9-6-24(18-21(27)3)12-15-30(56,57)33(62,63)36(68,69)39(74,75)42(80,81)45(86,87)48(92,93)51(100,101)102/h4-9,16-18H,10-15H2,1-3H3. The highest BCUT2D eigenvalue weighted by atomic mass is 31.1. The summed E-state index contributed by atoms with van der Waals surface area (Å²) in [5.74, 6) is -179. The van der Waals surface area contributed by atoms with Crippen LogP contribution in [0.1, 0.15) is 52.6 Å². The summed E-state index contributed by atoms with van der Waals surface area (Å²) in [5, 5.41) is -1.66. The second-order valence-corrected chi connectivity index (χ2v) is 24.3. The third-order valence-electron chi connectivity index (χ3n) is 15.1. The van der Waals surface area contributed by atoms with Gasteiger partial charge >= 0.3 is 143 Å². The predicted molar refractivity (Wildman–Crippen MR) is 246 cm³/mol. The third kappa shape index (κ3) is 13.5. The molecule has 0 aliphatic heterocycles. The number of benzene rings is 3. The molecule has 0 nitrogen and oxygen atoms in total. The van der Waals surface area contributed by atoms with Crippen molar-refractivity contribution in [3.63, 3.8) is 0 Å². The van der Waals surface area contributed by atoms with Crippen LogP contribution in [0.2, 0.25) is 0 Å². The number of aryl methyl sites for hydroxylation is 6. The molecule has 0 aromatic heterocycles. The molecule has 0 bridgehead atoms. The van der Waals surface area contributed by atoms with E-state index in [0.717, 1.165) is 0 Å². The van der Waals surface area contributed by atoms with Crippen LogP contribution in [0.5, 0.6) is 0 Å². The van der Waals surface area contributed by atoms with E-state index in [0.29, 0.717) is 75.4 Å². The normalized spacial score (nSPS) is 16.0. The Kier molecular flexibility index (Phi) is 23.3. The fraction of sp³-hybridized carbons (Fsp3) is 0.647. The van der Waals surface area contributed by atoms with Gasteiger partial charge in [0.25, 0.3) is 0 Å². The van der Waals surface area contributed by atoms with E-state index in [2.05, 4.69) is 0 Å². The molecule has 0 amide bonds. The second kappa shape index (κ2) is 26.1. The summed E-state index contributed by atoms with van der Waals surface area (Å²) in [5.41, 5.74) is -5.12. The van der Waals surface area contributed by atoms with Crippen LogP contribution in [-0.2, 0) is 19.3 Å². The Morgan fingerprint density at radius 1 is 0.194 bits per heavy atom. The molecular formula is C51H30F51P. The zero-order chi connectivity index (χ0) is 82.4. The summed E-state index contributed by atoms with van der Waals surface area (Å²) in [4.78, 5) is 0. The summed E-state index contributed by atoms with van der Waals surface area (Å²) in [6.45, 7) is 2.09. The minimum absolute atomic E-state index is 0.320. The van der Waals surface area contributed by atoms with E-state index in [4.69, 9.17) is 0 Å². The molecule has 0 fully saturated rings. The van der Waals surface area contributed by atoms with Gasteiger partial charge in [0.05, 0.1) is 0 Å². The van der Waals surface area contributed by atoms with Crippen molar-refractivity contribution in [1.82, 2.24) is 0 Å². The Bertz CT molecular complexity index is 3140. The van der Waals surface area contributed by atoms with E-state index in [1.54, 1.807) is 0 Å². The fourth-order valence-corrected chi connectivity index (χ4v) is 11.4. The SMILES string of the molecule is Cc1cc(CCC(F)(F)C(F)(F)C(F)(F)C(F)(F)C(F)(F)C(F)(F)C(F)(F)C(F)(F)F)ccc1P(c1ccc(CCC(F)(F)C(F)(F)C(F)(F)C(F)(F)C(F)(F)C(F)(F)C(F)(F)C(F)(F)F)cc1C)c1ccc(CCC(F)(F)C(F)(F)C(F)(F)C(F)(F)C(F)(F)C(F)(F)C(F)(F)C(F)(F)F)cc1C. The molecule has 0 N–H and O–H groups in total. The predicted octanol–water partition coefficient (Wildman–Crippen LogP) is 22.2. The zero-order valence-electron chi connectivity index (χ0n) is 48.7. The smallest absolute Gasteiger partial charge is 0.200 e. The van der Waals surface area contributed by atoms with E-state index < -0.39 is 239 Å². The number of rotatable bonds is 30. The summed E-state index contributed by atoms with van der Waals surface area (Å²) >= 11 is 0. The van der Waals surface area contributed by atoms with E-state index in [-0.39, 0.29) is 0 Å². The molecule has 0 saturated heterocycles. The van der Waals surface area contributed by atoms with Gasteiger partial charge < -0.3 is 0 Å². The van der Waals surface area contributed by atoms with Crippen LogP contribution in [0, 0.1) is 20.8 Å². The van der Waals surface area contributed by atoms with Gasteiger partial charge in [-0.05, 0) is 97.2 Å². The highest BCUT2D eigenvalue weighted by molar-refractivity contribution is 7.80. The summed E-state index contributed by atoms with van der Waals surface area (Å²) < 4.78 is 710. The monoisotopic (exact) mass is 1640 g/mol. The van der Waals surface area contributed by atoms with Gasteiger partial charge in [-0.15, -0.1) is 0 Å². The van der Waals surface area contributed by atoms with Crippen LogP contribution in [0.25, 0.3) is 0 Å². The first-order valence-corrected chi connectivity index (χ1v) is 27.2. The van der Waals surface area contributed by atoms with Gasteiger partial charge in [0.15, 0.2) is 0 Å². The molecule has 52 heteroatoms. The number of hydrogen-bond donors (Lipinski definition) is 0. The van der Waals surface area contributed by atoms with Crippen molar-refractivity contribution in [3.05, 3.63) is 88.0 Å². The van der Waals surface area contributed by atoms with E-state index in [9.17, 15) is 224 Å². The van der Waals surface area contributed by atoms with Crippen molar-refractivity contribution in [1.29, 1.82) is 0 Å². The van der Waals surface area contributed by atoms with Crippen LogP contribution in [0.4, 0.5) is 224 Å². The molecule has 3 aromatic carbocycles. The van der Waals surface area contributed by atoms with E-state index in [1.165, 1.54) is 0 Å². The summed E-state index contributed by atoms with van der Waals surface area (Å²) in [6, 6.07) is 3.62. The van der Waals surface area contributed by atoms with Gasteiger partial charge in [-0.2, -0.15) is 224 Å². The maximum atomic E-state index is 15.0. The average Bonchev–Trinajstić information content (AvgIpc) is 0.705. The molecule has 0 radical (unpaired) electrons. The topological polar surface area (TPSA) is 0 Å². The van der Waals surface area contributed by atoms with Gasteiger partial charge in [0, 0.05) is 19.3 Å². The number of alkyl halides is 51. The van der Waals surface area contributed by atoms with Crippen molar-refractivity contribution < 1.29 is 224 Å². The quantitative estimate of drug-likeness (QED) is 0.0461. The first kappa shape index (κ1) is 91.7. The second-order valence-electron chi connectivity index (χ2n) is 22.1. The largest absolute Gasteiger partial charge is 0.460 e. The lowest BCUT2D eigenvalue weighted by molar-refractivity contribution is -0.461. The molecule has 103 heavy (non-hydrogen) atoms. The van der Waals surface area contributed by atoms with Crippen molar-refractivity contribution in [2.75, 3.05) is 0 Å². The molecule has 3 rings (SSSR count). The van der Waals surface area contributed by atoms with Crippen LogP contribution in [0.15, 0.2) is 54.6 Å². The minimum atomic E-state index is -9.06. The van der Waals surface area contributed by atoms with Crippen molar-refractivity contribution in [2.24, 2.45) is 0 Å². The Morgan fingerprint density at radius 3 is 0.466 bits per heavy atom. The van der Waals surface area contributed by atoms with Gasteiger partial charge in [-0.1, -0.05) is 54.6 Å². The Labute approximate surface area is 538 Å². The van der Waals surface area contributed by atoms with Gasteiger partial charge in [-0.25, -0.2) is 0 Å². The van der Waals surface area contributed by atoms with Crippen molar-refractivity contribution in [3.8, 4) is 0 Å². The third-order valence-corrected chi connectivity index (χ3v) is 18.0. The number of hydrogen-bond acceptors (Lipinski definition) is 0. The molecule has 596 valence electrons. The lowest BCUT2D eigenvalue weighted by atomic mass is 9.87. The van der Waals surface area contributed by atoms with Crippen molar-refractivity contribution in [2.45, 2.75) is 202 Å². The molecule has 0 atom stereocenters. The maximum Gasteiger partial charge on any atom is 0.460 e. The molecular weight excluding hydrogens is 1610 g/mol. The lowest BCUT2D eigenvalue weighted by Crippen LogP contribution is -2.74. The van der Waals surface area contributed by atoms with Gasteiger partial charge in [-0.3, -0.25) is 0 Å². The molecule has 0 unspecified atom stereocenters. The maximum absolute atomic E-state index is 15.0. The summed E-state index contributed by atoms with van der Waals surface area (Å²) in [6.07, 6.45) is -39.9. The van der Waals surface area contributed by atoms with Crippen LogP contribution in [0.3, 0.4) is 0 Å². The molecule has 0 spiro atoms. The molecule has 0 aliphatic carbocycles. The number of halogens is 51. The first-order valence-electron chi connectivity index (χ1n) is 25.9. The molecule has 0 heterocycles. The van der Waals surface area contributed by atoms with Gasteiger partial charge in [0.2, 0.25) is 0 Å². The molecule has 0 saturated carbocycles. The van der Waals surface area contributed by atoms with E-state index >= 15 is 0 Å². The highest BCUT2D eigenvalue weighted by Crippen LogP contribution is 2.69. The average molecular weight is 1640 g/mol. The van der Waals surface area contributed by atoms with Crippen molar-refractivity contribution >= 4 is 23.8 Å². The molecule has 3 aromatic rings. The fourth-order valence-electron chi connectivity index (χ4n) is 8.73.